The Hall–Kier alpha value is -2.81. The Morgan fingerprint density at radius 1 is 0.630 bits per heavy atom. The van der Waals surface area contributed by atoms with Gasteiger partial charge in [-0.3, -0.25) is 0 Å². The van der Waals surface area contributed by atoms with Crippen molar-refractivity contribution in [2.75, 3.05) is 0 Å². The Balaban J connectivity index is 2.05. The molecule has 0 spiro atoms. The summed E-state index contributed by atoms with van der Waals surface area (Å²) < 4.78 is 4.91. The third-order valence-electron chi connectivity index (χ3n) is 5.80. The van der Waals surface area contributed by atoms with Gasteiger partial charge in [-0.1, -0.05) is 60.1 Å². The van der Waals surface area contributed by atoms with E-state index in [4.69, 9.17) is 11.6 Å². The van der Waals surface area contributed by atoms with Gasteiger partial charge < -0.3 is 4.40 Å². The highest BCUT2D eigenvalue weighted by atomic mass is 35.5. The van der Waals surface area contributed by atoms with Crippen LogP contribution in [0.15, 0.2) is 72.8 Å². The number of fused-ring (bicyclic) bond motifs is 5. The Morgan fingerprint density at radius 2 is 1.37 bits per heavy atom. The number of halogens is 1. The molecular weight excluding hydrogens is 370 g/mol. The van der Waals surface area contributed by atoms with Crippen LogP contribution in [0.1, 0.15) is 0 Å². The van der Waals surface area contributed by atoms with Crippen LogP contribution >= 0.6 is 22.9 Å². The molecule has 0 unspecified atom stereocenters. The van der Waals surface area contributed by atoms with Gasteiger partial charge in [-0.2, -0.15) is 0 Å². The summed E-state index contributed by atoms with van der Waals surface area (Å²) in [5.74, 6) is 0. The zero-order valence-corrected chi connectivity index (χ0v) is 15.7. The molecule has 1 nitrogen and oxygen atoms in total. The standard InChI is InChI=1S/C24H12ClNS/c25-17-11-12-19-22-21-14(6-4-10-20(21)27-24(17)22)16-8-3-7-15-13-5-1-2-9-18(13)26(19)23(15)16/h1-12H. The van der Waals surface area contributed by atoms with Crippen molar-refractivity contribution in [3.8, 4) is 0 Å². The summed E-state index contributed by atoms with van der Waals surface area (Å²) in [5, 5.41) is 8.63. The first-order chi connectivity index (χ1) is 13.3. The minimum atomic E-state index is 0.833. The van der Waals surface area contributed by atoms with Gasteiger partial charge in [0.1, 0.15) is 0 Å². The Kier molecular flexibility index (Phi) is 2.49. The fraction of sp³-hybridized carbons (Fsp3) is 0. The zero-order valence-electron chi connectivity index (χ0n) is 14.2. The first-order valence-electron chi connectivity index (χ1n) is 8.99. The third kappa shape index (κ3) is 1.58. The molecule has 126 valence electrons. The van der Waals surface area contributed by atoms with E-state index in [0.717, 1.165) is 5.02 Å². The lowest BCUT2D eigenvalue weighted by molar-refractivity contribution is 1.36. The molecule has 7 aromatic rings. The summed E-state index contributed by atoms with van der Waals surface area (Å²) in [6.45, 7) is 0. The van der Waals surface area contributed by atoms with E-state index in [0.29, 0.717) is 0 Å². The number of hydrogen-bond acceptors (Lipinski definition) is 1. The molecule has 0 radical (unpaired) electrons. The first kappa shape index (κ1) is 14.3. The molecule has 0 amide bonds. The van der Waals surface area contributed by atoms with Crippen LogP contribution in [0.5, 0.6) is 0 Å². The molecule has 0 saturated carbocycles. The Morgan fingerprint density at radius 3 is 2.30 bits per heavy atom. The second-order valence-electron chi connectivity index (χ2n) is 7.11. The van der Waals surface area contributed by atoms with E-state index in [2.05, 4.69) is 71.1 Å². The highest BCUT2D eigenvalue weighted by Crippen LogP contribution is 2.46. The third-order valence-corrected chi connectivity index (χ3v) is 7.42. The molecule has 0 aliphatic heterocycles. The number of benzene rings is 4. The van der Waals surface area contributed by atoms with Gasteiger partial charge in [0.15, 0.2) is 0 Å². The van der Waals surface area contributed by atoms with Crippen LogP contribution in [-0.4, -0.2) is 4.40 Å². The average molecular weight is 382 g/mol. The molecule has 3 heterocycles. The maximum atomic E-state index is 6.64. The van der Waals surface area contributed by atoms with Gasteiger partial charge >= 0.3 is 0 Å². The van der Waals surface area contributed by atoms with Crippen molar-refractivity contribution in [1.82, 2.24) is 4.40 Å². The van der Waals surface area contributed by atoms with Gasteiger partial charge in [-0.15, -0.1) is 11.3 Å². The van der Waals surface area contributed by atoms with Crippen LogP contribution < -0.4 is 0 Å². The van der Waals surface area contributed by atoms with Crippen LogP contribution in [0.2, 0.25) is 5.02 Å². The lowest BCUT2D eigenvalue weighted by Gasteiger charge is -2.02. The van der Waals surface area contributed by atoms with E-state index < -0.39 is 0 Å². The van der Waals surface area contributed by atoms with Crippen molar-refractivity contribution in [2.45, 2.75) is 0 Å². The SMILES string of the molecule is Clc1ccc2c3c1sc1cccc(c4cccc5c6ccccc6n2c45)c13. The van der Waals surface area contributed by atoms with Gasteiger partial charge in [0.25, 0.3) is 0 Å². The molecule has 27 heavy (non-hydrogen) atoms. The van der Waals surface area contributed by atoms with Crippen LogP contribution in [0, 0.1) is 0 Å². The number of rotatable bonds is 0. The predicted molar refractivity (Wildman–Crippen MR) is 119 cm³/mol. The lowest BCUT2D eigenvalue weighted by atomic mass is 10.0. The molecule has 7 rings (SSSR count). The maximum absolute atomic E-state index is 6.64. The van der Waals surface area contributed by atoms with E-state index >= 15 is 0 Å². The summed E-state index contributed by atoms with van der Waals surface area (Å²) in [5.41, 5.74) is 3.76. The summed E-state index contributed by atoms with van der Waals surface area (Å²) in [4.78, 5) is 0. The normalized spacial score (nSPS) is 12.6. The van der Waals surface area contributed by atoms with E-state index in [-0.39, 0.29) is 0 Å². The number of aromatic nitrogens is 1. The van der Waals surface area contributed by atoms with Gasteiger partial charge in [0, 0.05) is 31.6 Å². The average Bonchev–Trinajstić information content (AvgIpc) is 3.22. The van der Waals surface area contributed by atoms with Crippen molar-refractivity contribution >= 4 is 81.2 Å². The fourth-order valence-corrected chi connectivity index (χ4v) is 6.20. The molecule has 0 saturated heterocycles. The minimum Gasteiger partial charge on any atom is -0.308 e. The number of hydrogen-bond donors (Lipinski definition) is 0. The molecule has 0 aliphatic carbocycles. The summed E-state index contributed by atoms with van der Waals surface area (Å²) in [7, 11) is 0. The van der Waals surface area contributed by atoms with Crippen LogP contribution in [0.3, 0.4) is 0 Å². The van der Waals surface area contributed by atoms with E-state index in [1.165, 1.54) is 58.3 Å². The molecule has 0 N–H and O–H groups in total. The second-order valence-corrected chi connectivity index (χ2v) is 8.57. The number of thiophene rings is 1. The zero-order chi connectivity index (χ0) is 17.7. The smallest absolute Gasteiger partial charge is 0.0619 e. The molecule has 3 aromatic heterocycles. The first-order valence-corrected chi connectivity index (χ1v) is 10.2. The summed E-state index contributed by atoms with van der Waals surface area (Å²) in [6.07, 6.45) is 0. The lowest BCUT2D eigenvalue weighted by Crippen LogP contribution is -1.84. The van der Waals surface area contributed by atoms with Gasteiger partial charge in [-0.05, 0) is 29.7 Å². The van der Waals surface area contributed by atoms with Crippen molar-refractivity contribution < 1.29 is 0 Å². The molecule has 0 fully saturated rings. The van der Waals surface area contributed by atoms with Crippen molar-refractivity contribution in [3.63, 3.8) is 0 Å². The molecule has 3 heteroatoms. The minimum absolute atomic E-state index is 0.833. The molecule has 0 bridgehead atoms. The Bertz CT molecular complexity index is 1690. The summed E-state index contributed by atoms with van der Waals surface area (Å²) >= 11 is 8.43. The van der Waals surface area contributed by atoms with Crippen molar-refractivity contribution in [2.24, 2.45) is 0 Å². The molecule has 0 aliphatic rings. The fourth-order valence-electron chi connectivity index (χ4n) is 4.77. The molecular formula is C24H12ClNS. The molecule has 4 aromatic carbocycles. The number of para-hydroxylation sites is 2. The van der Waals surface area contributed by atoms with E-state index in [9.17, 15) is 0 Å². The quantitative estimate of drug-likeness (QED) is 0.252. The van der Waals surface area contributed by atoms with E-state index in [1.54, 1.807) is 11.3 Å². The second kappa shape index (κ2) is 4.72. The van der Waals surface area contributed by atoms with Crippen LogP contribution in [0.4, 0.5) is 0 Å². The largest absolute Gasteiger partial charge is 0.308 e. The predicted octanol–water partition coefficient (Wildman–Crippen LogP) is 7.86. The van der Waals surface area contributed by atoms with Crippen LogP contribution in [0.25, 0.3) is 58.3 Å². The number of nitrogens with zero attached hydrogens (tertiary/aromatic N) is 1. The van der Waals surface area contributed by atoms with E-state index in [1.807, 2.05) is 6.07 Å². The van der Waals surface area contributed by atoms with Crippen LogP contribution in [-0.2, 0) is 0 Å². The molecule has 0 atom stereocenters. The van der Waals surface area contributed by atoms with Gasteiger partial charge in [0.2, 0.25) is 0 Å². The Labute approximate surface area is 163 Å². The highest BCUT2D eigenvalue weighted by molar-refractivity contribution is 7.26. The summed E-state index contributed by atoms with van der Waals surface area (Å²) in [6, 6.07) is 26.2. The van der Waals surface area contributed by atoms with Gasteiger partial charge in [0.05, 0.1) is 26.3 Å². The monoisotopic (exact) mass is 381 g/mol. The van der Waals surface area contributed by atoms with Crippen molar-refractivity contribution in [1.29, 1.82) is 0 Å². The van der Waals surface area contributed by atoms with Crippen molar-refractivity contribution in [3.05, 3.63) is 77.8 Å². The highest BCUT2D eigenvalue weighted by Gasteiger charge is 2.19. The topological polar surface area (TPSA) is 4.41 Å². The maximum Gasteiger partial charge on any atom is 0.0619 e. The van der Waals surface area contributed by atoms with Gasteiger partial charge in [-0.25, -0.2) is 0 Å².